The van der Waals surface area contributed by atoms with Gasteiger partial charge in [-0.05, 0) is 37.4 Å². The summed E-state index contributed by atoms with van der Waals surface area (Å²) in [6.07, 6.45) is 3.61. The molecule has 9 heteroatoms. The van der Waals surface area contributed by atoms with Gasteiger partial charge in [-0.2, -0.15) is 4.80 Å². The molecule has 3 heterocycles. The second-order valence-corrected chi connectivity index (χ2v) is 8.89. The van der Waals surface area contributed by atoms with Crippen LogP contribution in [0.5, 0.6) is 0 Å². The standard InChI is InChI=1S/C23H33N7O2/c1-27-14-16-29(17-15-27)22(32)18-19-9-12-28(13-10-19)21(31)8-5-11-30-25-23(24-26-30)20-6-3-2-4-7-20/h2-4,6-7,19H,5,8-18H2,1H3. The van der Waals surface area contributed by atoms with Crippen molar-refractivity contribution in [2.24, 2.45) is 5.92 Å². The number of tetrazole rings is 1. The van der Waals surface area contributed by atoms with E-state index in [9.17, 15) is 9.59 Å². The molecule has 32 heavy (non-hydrogen) atoms. The van der Waals surface area contributed by atoms with E-state index < -0.39 is 0 Å². The molecule has 0 atom stereocenters. The number of piperazine rings is 1. The minimum Gasteiger partial charge on any atom is -0.343 e. The molecule has 4 rings (SSSR count). The fourth-order valence-corrected chi connectivity index (χ4v) is 4.39. The predicted molar refractivity (Wildman–Crippen MR) is 120 cm³/mol. The van der Waals surface area contributed by atoms with E-state index in [0.717, 1.165) is 57.7 Å². The highest BCUT2D eigenvalue weighted by Crippen LogP contribution is 2.22. The third-order valence-corrected chi connectivity index (χ3v) is 6.52. The molecular formula is C23H33N7O2. The van der Waals surface area contributed by atoms with Crippen LogP contribution in [0.2, 0.25) is 0 Å². The molecule has 172 valence electrons. The average molecular weight is 440 g/mol. The highest BCUT2D eigenvalue weighted by Gasteiger charge is 2.27. The highest BCUT2D eigenvalue weighted by molar-refractivity contribution is 5.77. The van der Waals surface area contributed by atoms with Crippen molar-refractivity contribution in [3.05, 3.63) is 30.3 Å². The molecule has 1 aromatic carbocycles. The van der Waals surface area contributed by atoms with Crippen molar-refractivity contribution in [1.82, 2.24) is 34.9 Å². The number of likely N-dealkylation sites (N-methyl/N-ethyl adjacent to an activating group) is 1. The Balaban J connectivity index is 1.14. The first-order valence-electron chi connectivity index (χ1n) is 11.7. The van der Waals surface area contributed by atoms with Gasteiger partial charge >= 0.3 is 0 Å². The van der Waals surface area contributed by atoms with Gasteiger partial charge < -0.3 is 14.7 Å². The first kappa shape index (κ1) is 22.4. The van der Waals surface area contributed by atoms with Gasteiger partial charge in [-0.1, -0.05) is 30.3 Å². The molecule has 0 aliphatic carbocycles. The third kappa shape index (κ3) is 5.91. The number of aryl methyl sites for hydroxylation is 1. The number of carbonyl (C=O) groups is 2. The van der Waals surface area contributed by atoms with Gasteiger partial charge in [0.15, 0.2) is 0 Å². The Kier molecular flexibility index (Phi) is 7.47. The quantitative estimate of drug-likeness (QED) is 0.650. The number of aromatic nitrogens is 4. The highest BCUT2D eigenvalue weighted by atomic mass is 16.2. The van der Waals surface area contributed by atoms with Crippen LogP contribution in [0.3, 0.4) is 0 Å². The minimum atomic E-state index is 0.178. The van der Waals surface area contributed by atoms with E-state index in [0.29, 0.717) is 37.5 Å². The average Bonchev–Trinajstić information content (AvgIpc) is 3.29. The van der Waals surface area contributed by atoms with Crippen molar-refractivity contribution < 1.29 is 9.59 Å². The fraction of sp³-hybridized carbons (Fsp3) is 0.609. The number of nitrogens with zero attached hydrogens (tertiary/aromatic N) is 7. The number of hydrogen-bond donors (Lipinski definition) is 0. The van der Waals surface area contributed by atoms with Crippen molar-refractivity contribution >= 4 is 11.8 Å². The molecule has 0 radical (unpaired) electrons. The smallest absolute Gasteiger partial charge is 0.222 e. The summed E-state index contributed by atoms with van der Waals surface area (Å²) in [6.45, 7) is 5.65. The summed E-state index contributed by atoms with van der Waals surface area (Å²) in [5, 5.41) is 12.6. The van der Waals surface area contributed by atoms with Gasteiger partial charge in [0.1, 0.15) is 0 Å². The van der Waals surface area contributed by atoms with E-state index in [4.69, 9.17) is 0 Å². The first-order valence-corrected chi connectivity index (χ1v) is 11.7. The maximum absolute atomic E-state index is 12.6. The molecule has 2 aromatic rings. The lowest BCUT2D eigenvalue weighted by atomic mass is 9.92. The number of piperidine rings is 1. The van der Waals surface area contributed by atoms with E-state index >= 15 is 0 Å². The van der Waals surface area contributed by atoms with Crippen LogP contribution in [0.15, 0.2) is 30.3 Å². The van der Waals surface area contributed by atoms with Crippen LogP contribution >= 0.6 is 0 Å². The van der Waals surface area contributed by atoms with E-state index in [1.807, 2.05) is 40.1 Å². The number of carbonyl (C=O) groups excluding carboxylic acids is 2. The number of benzene rings is 1. The van der Waals surface area contributed by atoms with E-state index in [1.54, 1.807) is 4.80 Å². The Morgan fingerprint density at radius 2 is 1.62 bits per heavy atom. The van der Waals surface area contributed by atoms with E-state index in [1.165, 1.54) is 0 Å². The third-order valence-electron chi connectivity index (χ3n) is 6.52. The molecule has 0 saturated carbocycles. The van der Waals surface area contributed by atoms with Gasteiger partial charge in [0.25, 0.3) is 0 Å². The molecule has 0 unspecified atom stereocenters. The Hall–Kier alpha value is -2.81. The second-order valence-electron chi connectivity index (χ2n) is 8.89. The lowest BCUT2D eigenvalue weighted by molar-refractivity contribution is -0.135. The van der Waals surface area contributed by atoms with Gasteiger partial charge in [0.05, 0.1) is 6.54 Å². The molecule has 0 N–H and O–H groups in total. The predicted octanol–water partition coefficient (Wildman–Crippen LogP) is 1.52. The normalized spacial score (nSPS) is 18.2. The molecule has 9 nitrogen and oxygen atoms in total. The molecule has 2 aliphatic rings. The lowest BCUT2D eigenvalue weighted by Crippen LogP contribution is -2.48. The summed E-state index contributed by atoms with van der Waals surface area (Å²) in [5.74, 6) is 1.45. The molecule has 2 aliphatic heterocycles. The monoisotopic (exact) mass is 439 g/mol. The minimum absolute atomic E-state index is 0.178. The van der Waals surface area contributed by atoms with Crippen LogP contribution in [-0.4, -0.2) is 93.0 Å². The summed E-state index contributed by atoms with van der Waals surface area (Å²) in [4.78, 5) is 32.9. The summed E-state index contributed by atoms with van der Waals surface area (Å²) in [7, 11) is 2.10. The van der Waals surface area contributed by atoms with Gasteiger partial charge in [0, 0.05) is 57.7 Å². The maximum atomic E-state index is 12.6. The molecule has 0 bridgehead atoms. The molecule has 2 saturated heterocycles. The molecule has 2 amide bonds. The van der Waals surface area contributed by atoms with Crippen LogP contribution in [0, 0.1) is 5.92 Å². The van der Waals surface area contributed by atoms with Crippen molar-refractivity contribution in [3.63, 3.8) is 0 Å². The van der Waals surface area contributed by atoms with Crippen molar-refractivity contribution in [1.29, 1.82) is 0 Å². The number of amides is 2. The Labute approximate surface area is 189 Å². The SMILES string of the molecule is CN1CCN(C(=O)CC2CCN(C(=O)CCCn3nnc(-c4ccccc4)n3)CC2)CC1. The molecule has 1 aromatic heterocycles. The van der Waals surface area contributed by atoms with E-state index in [-0.39, 0.29) is 11.8 Å². The summed E-state index contributed by atoms with van der Waals surface area (Å²) < 4.78 is 0. The van der Waals surface area contributed by atoms with Crippen LogP contribution in [0.1, 0.15) is 32.1 Å². The lowest BCUT2D eigenvalue weighted by Gasteiger charge is -2.35. The van der Waals surface area contributed by atoms with Gasteiger partial charge in [-0.15, -0.1) is 10.2 Å². The number of rotatable bonds is 7. The maximum Gasteiger partial charge on any atom is 0.222 e. The largest absolute Gasteiger partial charge is 0.343 e. The fourth-order valence-electron chi connectivity index (χ4n) is 4.39. The number of likely N-dealkylation sites (tertiary alicyclic amines) is 1. The topological polar surface area (TPSA) is 87.5 Å². The van der Waals surface area contributed by atoms with Crippen LogP contribution < -0.4 is 0 Å². The Morgan fingerprint density at radius 1 is 0.938 bits per heavy atom. The summed E-state index contributed by atoms with van der Waals surface area (Å²) >= 11 is 0. The number of hydrogen-bond acceptors (Lipinski definition) is 6. The zero-order valence-corrected chi connectivity index (χ0v) is 18.9. The van der Waals surface area contributed by atoms with Gasteiger partial charge in [-0.25, -0.2) is 0 Å². The molecule has 2 fully saturated rings. The van der Waals surface area contributed by atoms with Gasteiger partial charge in [-0.3, -0.25) is 9.59 Å². The second kappa shape index (κ2) is 10.7. The Morgan fingerprint density at radius 3 is 2.34 bits per heavy atom. The van der Waals surface area contributed by atoms with E-state index in [2.05, 4.69) is 27.4 Å². The Bertz CT molecular complexity index is 885. The zero-order valence-electron chi connectivity index (χ0n) is 18.9. The first-order chi connectivity index (χ1) is 15.6. The van der Waals surface area contributed by atoms with Gasteiger partial charge in [0.2, 0.25) is 17.6 Å². The van der Waals surface area contributed by atoms with Crippen LogP contribution in [-0.2, 0) is 16.1 Å². The zero-order chi connectivity index (χ0) is 22.3. The molecule has 0 spiro atoms. The van der Waals surface area contributed by atoms with Crippen molar-refractivity contribution in [3.8, 4) is 11.4 Å². The summed E-state index contributed by atoms with van der Waals surface area (Å²) in [6, 6.07) is 9.74. The van der Waals surface area contributed by atoms with Crippen molar-refractivity contribution in [2.45, 2.75) is 38.6 Å². The van der Waals surface area contributed by atoms with Crippen LogP contribution in [0.25, 0.3) is 11.4 Å². The molecular weight excluding hydrogens is 406 g/mol. The van der Waals surface area contributed by atoms with Crippen molar-refractivity contribution in [2.75, 3.05) is 46.3 Å². The van der Waals surface area contributed by atoms with Crippen LogP contribution in [0.4, 0.5) is 0 Å². The summed E-state index contributed by atoms with van der Waals surface area (Å²) in [5.41, 5.74) is 0.934.